The van der Waals surface area contributed by atoms with Gasteiger partial charge in [0.15, 0.2) is 11.0 Å². The van der Waals surface area contributed by atoms with E-state index >= 15 is 0 Å². The van der Waals surface area contributed by atoms with Crippen molar-refractivity contribution >= 4 is 35.0 Å². The molecule has 168 valence electrons. The number of aryl methyl sites for hydroxylation is 2. The topological polar surface area (TPSA) is 81.9 Å². The van der Waals surface area contributed by atoms with Gasteiger partial charge in [0.2, 0.25) is 5.91 Å². The standard InChI is InChI=1S/C24H22ClN5O2S/c1-15-4-6-18(7-5-15)30-23(17-8-10-26-11-9-17)28-29-24(30)33-14-22(31)27-20-12-16(2)19(25)13-21(20)32-3/h4-13H,14H2,1-3H3,(H,27,31). The number of methoxy groups -OCH3 is 1. The second kappa shape index (κ2) is 10.1. The molecule has 0 spiro atoms. The van der Waals surface area contributed by atoms with Crippen LogP contribution in [0, 0.1) is 13.8 Å². The molecule has 2 aromatic carbocycles. The van der Waals surface area contributed by atoms with Crippen molar-refractivity contribution in [1.29, 1.82) is 0 Å². The number of anilines is 1. The normalized spacial score (nSPS) is 10.8. The Bertz CT molecular complexity index is 1280. The maximum absolute atomic E-state index is 12.7. The molecule has 9 heteroatoms. The van der Waals surface area contributed by atoms with Gasteiger partial charge in [-0.1, -0.05) is 41.1 Å². The molecule has 0 saturated heterocycles. The molecule has 0 saturated carbocycles. The molecule has 2 aromatic heterocycles. The SMILES string of the molecule is COc1cc(Cl)c(C)cc1NC(=O)CSc1nnc(-c2ccncc2)n1-c1ccc(C)cc1. The third-order valence-electron chi connectivity index (χ3n) is 4.95. The molecule has 2 heterocycles. The van der Waals surface area contributed by atoms with Crippen LogP contribution in [0.5, 0.6) is 5.75 Å². The largest absolute Gasteiger partial charge is 0.495 e. The summed E-state index contributed by atoms with van der Waals surface area (Å²) in [6, 6.07) is 15.3. The van der Waals surface area contributed by atoms with Gasteiger partial charge in [-0.3, -0.25) is 14.3 Å². The Morgan fingerprint density at radius 1 is 1.09 bits per heavy atom. The minimum Gasteiger partial charge on any atom is -0.495 e. The predicted molar refractivity (Wildman–Crippen MR) is 131 cm³/mol. The van der Waals surface area contributed by atoms with Gasteiger partial charge in [0.1, 0.15) is 5.75 Å². The molecule has 0 aliphatic rings. The van der Waals surface area contributed by atoms with E-state index in [2.05, 4.69) is 20.5 Å². The predicted octanol–water partition coefficient (Wildman–Crippen LogP) is 5.34. The number of aromatic nitrogens is 4. The maximum Gasteiger partial charge on any atom is 0.234 e. The van der Waals surface area contributed by atoms with Gasteiger partial charge >= 0.3 is 0 Å². The first-order chi connectivity index (χ1) is 16.0. The van der Waals surface area contributed by atoms with Gasteiger partial charge in [-0.2, -0.15) is 0 Å². The molecule has 0 aliphatic carbocycles. The number of carbonyl (C=O) groups excluding carboxylic acids is 1. The zero-order valence-corrected chi connectivity index (χ0v) is 19.9. The number of amides is 1. The lowest BCUT2D eigenvalue weighted by atomic mass is 10.2. The summed E-state index contributed by atoms with van der Waals surface area (Å²) < 4.78 is 7.29. The number of benzene rings is 2. The van der Waals surface area contributed by atoms with E-state index in [1.54, 1.807) is 24.5 Å². The van der Waals surface area contributed by atoms with Crippen LogP contribution in [0.25, 0.3) is 17.1 Å². The van der Waals surface area contributed by atoms with Crippen LogP contribution in [0.4, 0.5) is 5.69 Å². The highest BCUT2D eigenvalue weighted by atomic mass is 35.5. The number of hydrogen-bond donors (Lipinski definition) is 1. The van der Waals surface area contributed by atoms with Crippen LogP contribution in [-0.4, -0.2) is 38.5 Å². The Kier molecular flexibility index (Phi) is 6.96. The van der Waals surface area contributed by atoms with Crippen LogP contribution >= 0.6 is 23.4 Å². The maximum atomic E-state index is 12.7. The highest BCUT2D eigenvalue weighted by Crippen LogP contribution is 2.32. The Morgan fingerprint density at radius 3 is 2.52 bits per heavy atom. The summed E-state index contributed by atoms with van der Waals surface area (Å²) in [5.74, 6) is 1.14. The van der Waals surface area contributed by atoms with Crippen LogP contribution in [0.2, 0.25) is 5.02 Å². The molecule has 0 fully saturated rings. The first-order valence-corrected chi connectivity index (χ1v) is 11.5. The van der Waals surface area contributed by atoms with Gasteiger partial charge in [0.05, 0.1) is 18.6 Å². The van der Waals surface area contributed by atoms with Crippen molar-refractivity contribution in [1.82, 2.24) is 19.7 Å². The van der Waals surface area contributed by atoms with Gasteiger partial charge in [0, 0.05) is 34.7 Å². The van der Waals surface area contributed by atoms with Gasteiger partial charge in [-0.05, 0) is 49.7 Å². The molecular formula is C24H22ClN5O2S. The zero-order chi connectivity index (χ0) is 23.4. The van der Waals surface area contributed by atoms with Crippen LogP contribution in [0.3, 0.4) is 0 Å². The van der Waals surface area contributed by atoms with Crippen LogP contribution in [0.1, 0.15) is 11.1 Å². The molecular weight excluding hydrogens is 458 g/mol. The summed E-state index contributed by atoms with van der Waals surface area (Å²) in [5, 5.41) is 12.8. The van der Waals surface area contributed by atoms with Crippen molar-refractivity contribution in [2.45, 2.75) is 19.0 Å². The van der Waals surface area contributed by atoms with Crippen molar-refractivity contribution < 1.29 is 9.53 Å². The molecule has 1 amide bonds. The Balaban J connectivity index is 1.59. The fourth-order valence-electron chi connectivity index (χ4n) is 3.22. The average Bonchev–Trinajstić information content (AvgIpc) is 3.25. The fraction of sp³-hybridized carbons (Fsp3) is 0.167. The smallest absolute Gasteiger partial charge is 0.234 e. The number of thioether (sulfide) groups is 1. The van der Waals surface area contributed by atoms with Crippen LogP contribution in [0.15, 0.2) is 66.1 Å². The third-order valence-corrected chi connectivity index (χ3v) is 6.29. The Labute approximate surface area is 201 Å². The van der Waals surface area contributed by atoms with E-state index < -0.39 is 0 Å². The van der Waals surface area contributed by atoms with Crippen LogP contribution in [-0.2, 0) is 4.79 Å². The van der Waals surface area contributed by atoms with Crippen LogP contribution < -0.4 is 10.1 Å². The Hall–Kier alpha value is -3.36. The van der Waals surface area contributed by atoms with Gasteiger partial charge in [-0.15, -0.1) is 10.2 Å². The lowest BCUT2D eigenvalue weighted by Gasteiger charge is -2.13. The molecule has 33 heavy (non-hydrogen) atoms. The number of ether oxygens (including phenoxy) is 1. The van der Waals surface area contributed by atoms with E-state index in [-0.39, 0.29) is 11.7 Å². The summed E-state index contributed by atoms with van der Waals surface area (Å²) in [4.78, 5) is 16.8. The second-order valence-electron chi connectivity index (χ2n) is 7.35. The molecule has 0 radical (unpaired) electrons. The summed E-state index contributed by atoms with van der Waals surface area (Å²) in [6.45, 7) is 3.91. The number of rotatable bonds is 7. The number of nitrogens with zero attached hydrogens (tertiary/aromatic N) is 4. The molecule has 4 aromatic rings. The number of nitrogens with one attached hydrogen (secondary N) is 1. The van der Waals surface area contributed by atoms with Gasteiger partial charge < -0.3 is 10.1 Å². The number of halogens is 1. The highest BCUT2D eigenvalue weighted by molar-refractivity contribution is 7.99. The van der Waals surface area contributed by atoms with Crippen molar-refractivity contribution in [3.8, 4) is 22.8 Å². The van der Waals surface area contributed by atoms with Gasteiger partial charge in [-0.25, -0.2) is 0 Å². The molecule has 1 N–H and O–H groups in total. The first kappa shape index (κ1) is 22.8. The van der Waals surface area contributed by atoms with Crippen molar-refractivity contribution in [2.75, 3.05) is 18.2 Å². The number of hydrogen-bond acceptors (Lipinski definition) is 6. The fourth-order valence-corrected chi connectivity index (χ4v) is 4.13. The van der Waals surface area contributed by atoms with E-state index in [0.29, 0.717) is 27.4 Å². The molecule has 0 aliphatic heterocycles. The number of pyridine rings is 1. The van der Waals surface area contributed by atoms with Crippen molar-refractivity contribution in [3.63, 3.8) is 0 Å². The molecule has 0 atom stereocenters. The van der Waals surface area contributed by atoms with E-state index in [1.165, 1.54) is 18.9 Å². The summed E-state index contributed by atoms with van der Waals surface area (Å²) >= 11 is 7.47. The first-order valence-electron chi connectivity index (χ1n) is 10.2. The van der Waals surface area contributed by atoms with E-state index in [9.17, 15) is 4.79 Å². The quantitative estimate of drug-likeness (QED) is 0.360. The summed E-state index contributed by atoms with van der Waals surface area (Å²) in [5.41, 5.74) is 4.37. The van der Waals surface area contributed by atoms with Crippen molar-refractivity contribution in [3.05, 3.63) is 77.1 Å². The van der Waals surface area contributed by atoms with E-state index in [1.807, 2.05) is 54.8 Å². The summed E-state index contributed by atoms with van der Waals surface area (Å²) in [7, 11) is 1.54. The molecule has 0 unspecified atom stereocenters. The Morgan fingerprint density at radius 2 is 1.82 bits per heavy atom. The average molecular weight is 480 g/mol. The van der Waals surface area contributed by atoms with Crippen molar-refractivity contribution in [2.24, 2.45) is 0 Å². The van der Waals surface area contributed by atoms with E-state index in [4.69, 9.17) is 16.3 Å². The molecule has 7 nitrogen and oxygen atoms in total. The van der Waals surface area contributed by atoms with Gasteiger partial charge in [0.25, 0.3) is 0 Å². The molecule has 0 bridgehead atoms. The number of carbonyl (C=O) groups is 1. The van der Waals surface area contributed by atoms with E-state index in [0.717, 1.165) is 22.4 Å². The zero-order valence-electron chi connectivity index (χ0n) is 18.4. The lowest BCUT2D eigenvalue weighted by molar-refractivity contribution is -0.113. The minimum atomic E-state index is -0.191. The summed E-state index contributed by atoms with van der Waals surface area (Å²) in [6.07, 6.45) is 3.43. The lowest BCUT2D eigenvalue weighted by Crippen LogP contribution is -2.15. The monoisotopic (exact) mass is 479 g/mol. The minimum absolute atomic E-state index is 0.144. The third kappa shape index (κ3) is 5.18. The highest BCUT2D eigenvalue weighted by Gasteiger charge is 2.18. The molecule has 4 rings (SSSR count). The second-order valence-corrected chi connectivity index (χ2v) is 8.70.